The minimum atomic E-state index is -4.52. The Balaban J connectivity index is 2.17. The summed E-state index contributed by atoms with van der Waals surface area (Å²) in [6, 6.07) is 9.31. The van der Waals surface area contributed by atoms with E-state index in [0.29, 0.717) is 10.6 Å². The maximum atomic E-state index is 13.1. The summed E-state index contributed by atoms with van der Waals surface area (Å²) in [6.45, 7) is 1.55. The van der Waals surface area contributed by atoms with Crippen LogP contribution in [0.2, 0.25) is 5.02 Å². The van der Waals surface area contributed by atoms with E-state index in [1.54, 1.807) is 13.0 Å². The summed E-state index contributed by atoms with van der Waals surface area (Å²) in [5.41, 5.74) is -1.62. The predicted octanol–water partition coefficient (Wildman–Crippen LogP) is 4.53. The second-order valence-corrected chi connectivity index (χ2v) is 6.28. The molecule has 0 radical (unpaired) electrons. The summed E-state index contributed by atoms with van der Waals surface area (Å²) >= 11 is 6.04. The van der Waals surface area contributed by atoms with E-state index in [0.717, 1.165) is 19.2 Å². The number of hydrogen-bond acceptors (Lipinski definition) is 4. The number of carbonyl (C=O) groups excluding carboxylic acids is 1. The normalized spacial score (nSPS) is 22.3. The number of benzene rings is 2. The van der Waals surface area contributed by atoms with Crippen LogP contribution in [0.4, 0.5) is 13.2 Å². The Hall–Kier alpha value is -2.25. The van der Waals surface area contributed by atoms with Gasteiger partial charge in [0.05, 0.1) is 12.7 Å². The first kappa shape index (κ1) is 18.5. The minimum Gasteiger partial charge on any atom is -0.464 e. The Morgan fingerprint density at radius 1 is 1.23 bits per heavy atom. The van der Waals surface area contributed by atoms with Crippen LogP contribution < -0.4 is 4.74 Å². The molecular weight excluding hydrogens is 373 g/mol. The molecule has 0 amide bonds. The van der Waals surface area contributed by atoms with E-state index in [9.17, 15) is 18.0 Å². The van der Waals surface area contributed by atoms with Gasteiger partial charge in [-0.3, -0.25) is 0 Å². The van der Waals surface area contributed by atoms with Gasteiger partial charge in [0.1, 0.15) is 11.4 Å². The van der Waals surface area contributed by atoms with Crippen LogP contribution in [0.25, 0.3) is 0 Å². The van der Waals surface area contributed by atoms with Gasteiger partial charge in [-0.1, -0.05) is 23.7 Å². The molecule has 0 bridgehead atoms. The molecule has 1 aliphatic heterocycles. The Morgan fingerprint density at radius 3 is 2.62 bits per heavy atom. The number of hydrogen-bond donors (Lipinski definition) is 0. The highest BCUT2D eigenvalue weighted by Gasteiger charge is 2.44. The maximum Gasteiger partial charge on any atom is 0.416 e. The van der Waals surface area contributed by atoms with Crippen LogP contribution in [0.15, 0.2) is 42.5 Å². The summed E-state index contributed by atoms with van der Waals surface area (Å²) < 4.78 is 55.2. The molecule has 4 nitrogen and oxygen atoms in total. The number of esters is 1. The molecule has 2 atom stereocenters. The number of ether oxygens (including phenoxy) is 3. The molecule has 2 aromatic rings. The molecule has 1 heterocycles. The average molecular weight is 387 g/mol. The molecule has 3 rings (SSSR count). The van der Waals surface area contributed by atoms with Gasteiger partial charge in [-0.15, -0.1) is 0 Å². The standard InChI is InChI=1S/C18H14ClF3O4/c1-17(10-4-3-5-11(8-10)18(20,21)22)13-9-12(19)6-7-14(13)25-16(26-17)15(23)24-2/h3-9,16H,1-2H3/t16-,17-/m0/s1. The van der Waals surface area contributed by atoms with Gasteiger partial charge in [-0.25, -0.2) is 4.79 Å². The van der Waals surface area contributed by atoms with E-state index in [4.69, 9.17) is 21.1 Å². The molecule has 1 aliphatic rings. The van der Waals surface area contributed by atoms with Crippen molar-refractivity contribution in [2.75, 3.05) is 7.11 Å². The topological polar surface area (TPSA) is 44.8 Å². The Morgan fingerprint density at radius 2 is 1.96 bits per heavy atom. The molecule has 0 saturated carbocycles. The molecule has 138 valence electrons. The Labute approximate surface area is 152 Å². The quantitative estimate of drug-likeness (QED) is 0.711. The molecule has 0 aromatic heterocycles. The Kier molecular flexibility index (Phi) is 4.62. The predicted molar refractivity (Wildman–Crippen MR) is 86.9 cm³/mol. The fourth-order valence-corrected chi connectivity index (χ4v) is 2.98. The van der Waals surface area contributed by atoms with Crippen molar-refractivity contribution >= 4 is 17.6 Å². The van der Waals surface area contributed by atoms with E-state index >= 15 is 0 Å². The lowest BCUT2D eigenvalue weighted by atomic mass is 9.85. The number of methoxy groups -OCH3 is 1. The van der Waals surface area contributed by atoms with Crippen molar-refractivity contribution in [1.29, 1.82) is 0 Å². The van der Waals surface area contributed by atoms with Crippen molar-refractivity contribution in [3.8, 4) is 5.75 Å². The molecule has 8 heteroatoms. The SMILES string of the molecule is COC(=O)[C@H]1Oc2ccc(Cl)cc2[C@](C)(c2cccc(C(F)(F)F)c2)O1. The third-order valence-electron chi connectivity index (χ3n) is 4.17. The smallest absolute Gasteiger partial charge is 0.416 e. The summed E-state index contributed by atoms with van der Waals surface area (Å²) in [5, 5.41) is 0.352. The average Bonchev–Trinajstić information content (AvgIpc) is 2.61. The van der Waals surface area contributed by atoms with Crippen LogP contribution in [0, 0.1) is 0 Å². The van der Waals surface area contributed by atoms with Crippen LogP contribution in [0.5, 0.6) is 5.75 Å². The van der Waals surface area contributed by atoms with Crippen LogP contribution in [-0.4, -0.2) is 19.4 Å². The zero-order chi connectivity index (χ0) is 19.1. The number of carbonyl (C=O) groups is 1. The molecule has 2 aromatic carbocycles. The maximum absolute atomic E-state index is 13.1. The monoisotopic (exact) mass is 386 g/mol. The first-order valence-electron chi connectivity index (χ1n) is 7.55. The Bertz CT molecular complexity index is 853. The lowest BCUT2D eigenvalue weighted by Gasteiger charge is -2.39. The van der Waals surface area contributed by atoms with Crippen LogP contribution >= 0.6 is 11.6 Å². The highest BCUT2D eigenvalue weighted by molar-refractivity contribution is 6.30. The van der Waals surface area contributed by atoms with Crippen molar-refractivity contribution in [3.05, 3.63) is 64.2 Å². The molecule has 0 saturated heterocycles. The zero-order valence-corrected chi connectivity index (χ0v) is 14.5. The molecule has 0 spiro atoms. The molecular formula is C18H14ClF3O4. The van der Waals surface area contributed by atoms with Gasteiger partial charge >= 0.3 is 18.4 Å². The molecule has 0 N–H and O–H groups in total. The summed E-state index contributed by atoms with van der Waals surface area (Å²) in [4.78, 5) is 11.9. The van der Waals surface area contributed by atoms with Crippen molar-refractivity contribution in [3.63, 3.8) is 0 Å². The third-order valence-corrected chi connectivity index (χ3v) is 4.40. The first-order valence-corrected chi connectivity index (χ1v) is 7.93. The highest BCUT2D eigenvalue weighted by Crippen LogP contribution is 2.45. The minimum absolute atomic E-state index is 0.202. The molecule has 26 heavy (non-hydrogen) atoms. The van der Waals surface area contributed by atoms with Gasteiger partial charge in [0, 0.05) is 10.6 Å². The van der Waals surface area contributed by atoms with E-state index in [1.165, 1.54) is 24.3 Å². The fourth-order valence-electron chi connectivity index (χ4n) is 2.80. The van der Waals surface area contributed by atoms with Crippen LogP contribution in [0.3, 0.4) is 0 Å². The van der Waals surface area contributed by atoms with Gasteiger partial charge in [-0.2, -0.15) is 13.2 Å². The lowest BCUT2D eigenvalue weighted by molar-refractivity contribution is -0.203. The number of alkyl halides is 3. The second kappa shape index (κ2) is 6.48. The summed E-state index contributed by atoms with van der Waals surface area (Å²) in [7, 11) is 1.16. The second-order valence-electron chi connectivity index (χ2n) is 5.84. The van der Waals surface area contributed by atoms with E-state index in [-0.39, 0.29) is 11.3 Å². The molecule has 0 unspecified atom stereocenters. The van der Waals surface area contributed by atoms with E-state index in [2.05, 4.69) is 4.74 Å². The summed E-state index contributed by atoms with van der Waals surface area (Å²) in [5.74, 6) is -0.528. The van der Waals surface area contributed by atoms with Gasteiger partial charge in [0.15, 0.2) is 0 Å². The van der Waals surface area contributed by atoms with E-state index < -0.39 is 29.6 Å². The summed E-state index contributed by atoms with van der Waals surface area (Å²) in [6.07, 6.45) is -5.94. The van der Waals surface area contributed by atoms with Gasteiger partial charge in [0.2, 0.25) is 0 Å². The van der Waals surface area contributed by atoms with Gasteiger partial charge in [0.25, 0.3) is 0 Å². The molecule has 0 fully saturated rings. The number of fused-ring (bicyclic) bond motifs is 1. The number of rotatable bonds is 2. The van der Waals surface area contributed by atoms with Crippen molar-refractivity contribution in [2.45, 2.75) is 25.0 Å². The van der Waals surface area contributed by atoms with Crippen molar-refractivity contribution < 1.29 is 32.2 Å². The molecule has 0 aliphatic carbocycles. The largest absolute Gasteiger partial charge is 0.464 e. The zero-order valence-electron chi connectivity index (χ0n) is 13.8. The number of halogens is 4. The highest BCUT2D eigenvalue weighted by atomic mass is 35.5. The van der Waals surface area contributed by atoms with Gasteiger partial charge < -0.3 is 14.2 Å². The first-order chi connectivity index (χ1) is 12.1. The lowest BCUT2D eigenvalue weighted by Crippen LogP contribution is -2.44. The van der Waals surface area contributed by atoms with E-state index in [1.807, 2.05) is 0 Å². The van der Waals surface area contributed by atoms with Crippen LogP contribution in [-0.2, 0) is 26.0 Å². The van der Waals surface area contributed by atoms with Crippen LogP contribution in [0.1, 0.15) is 23.6 Å². The third kappa shape index (κ3) is 3.24. The van der Waals surface area contributed by atoms with Crippen molar-refractivity contribution in [2.24, 2.45) is 0 Å². The van der Waals surface area contributed by atoms with Crippen molar-refractivity contribution in [1.82, 2.24) is 0 Å². The van der Waals surface area contributed by atoms with Gasteiger partial charge in [-0.05, 0) is 42.8 Å². The fraction of sp³-hybridized carbons (Fsp3) is 0.278.